The van der Waals surface area contributed by atoms with E-state index in [0.29, 0.717) is 11.1 Å². The first-order chi connectivity index (χ1) is 13.4. The van der Waals surface area contributed by atoms with Gasteiger partial charge < -0.3 is 5.32 Å². The molecule has 1 aliphatic heterocycles. The Hall–Kier alpha value is -2.12. The van der Waals surface area contributed by atoms with Gasteiger partial charge in [-0.3, -0.25) is 9.10 Å². The number of nitrogens with one attached hydrogen (secondary N) is 1. The van der Waals surface area contributed by atoms with E-state index in [2.05, 4.69) is 5.32 Å². The number of anilines is 1. The fourth-order valence-corrected chi connectivity index (χ4v) is 5.74. The van der Waals surface area contributed by atoms with Crippen molar-refractivity contribution in [1.29, 1.82) is 0 Å². The molecule has 1 saturated carbocycles. The Morgan fingerprint density at radius 3 is 2.61 bits per heavy atom. The molecule has 8 heteroatoms. The molecule has 2 aromatic rings. The van der Waals surface area contributed by atoms with Crippen LogP contribution in [0, 0.1) is 5.82 Å². The van der Waals surface area contributed by atoms with E-state index in [1.807, 2.05) is 0 Å². The first-order valence-corrected chi connectivity index (χ1v) is 11.1. The number of benzene rings is 2. The largest absolute Gasteiger partial charge is 0.352 e. The molecule has 2 aromatic carbocycles. The summed E-state index contributed by atoms with van der Waals surface area (Å²) in [6, 6.07) is 8.94. The van der Waals surface area contributed by atoms with E-state index in [1.165, 1.54) is 18.2 Å². The third kappa shape index (κ3) is 3.37. The topological polar surface area (TPSA) is 66.5 Å². The number of rotatable bonds is 3. The molecule has 1 N–H and O–H groups in total. The number of halogens is 2. The maximum Gasteiger partial charge on any atom is 0.265 e. The van der Waals surface area contributed by atoms with Gasteiger partial charge in [0.05, 0.1) is 15.6 Å². The van der Waals surface area contributed by atoms with Crippen LogP contribution in [0.2, 0.25) is 5.02 Å². The molecule has 1 heterocycles. The Labute approximate surface area is 168 Å². The van der Waals surface area contributed by atoms with Gasteiger partial charge in [0.25, 0.3) is 10.0 Å². The van der Waals surface area contributed by atoms with Gasteiger partial charge in [0.2, 0.25) is 5.91 Å². The van der Waals surface area contributed by atoms with Crippen LogP contribution < -0.4 is 9.62 Å². The maximum atomic E-state index is 14.1. The van der Waals surface area contributed by atoms with Crippen LogP contribution in [0.3, 0.4) is 0 Å². The number of fused-ring (bicyclic) bond motifs is 3. The summed E-state index contributed by atoms with van der Waals surface area (Å²) in [5.41, 5.74) is 1.01. The Morgan fingerprint density at radius 2 is 1.86 bits per heavy atom. The summed E-state index contributed by atoms with van der Waals surface area (Å²) >= 11 is 5.93. The number of carbonyl (C=O) groups is 1. The molecule has 0 unspecified atom stereocenters. The van der Waals surface area contributed by atoms with Crippen LogP contribution in [-0.4, -0.2) is 26.9 Å². The Morgan fingerprint density at radius 1 is 1.14 bits per heavy atom. The fraction of sp³-hybridized carbons (Fsp3) is 0.350. The average molecular weight is 423 g/mol. The van der Waals surface area contributed by atoms with E-state index >= 15 is 0 Å². The molecule has 1 fully saturated rings. The van der Waals surface area contributed by atoms with Gasteiger partial charge in [0.1, 0.15) is 12.4 Å². The number of hydrogen-bond acceptors (Lipinski definition) is 3. The highest BCUT2D eigenvalue weighted by Crippen LogP contribution is 2.44. The van der Waals surface area contributed by atoms with E-state index < -0.39 is 15.8 Å². The molecule has 148 valence electrons. The molecule has 1 amide bonds. The first kappa shape index (κ1) is 19.2. The summed E-state index contributed by atoms with van der Waals surface area (Å²) in [4.78, 5) is 12.7. The van der Waals surface area contributed by atoms with Crippen molar-refractivity contribution in [3.63, 3.8) is 0 Å². The van der Waals surface area contributed by atoms with Crippen molar-refractivity contribution >= 4 is 33.2 Å². The minimum Gasteiger partial charge on any atom is -0.352 e. The number of carbonyl (C=O) groups excluding carboxylic acids is 1. The molecule has 0 spiro atoms. The van der Waals surface area contributed by atoms with Crippen LogP contribution in [0.4, 0.5) is 10.1 Å². The molecule has 1 aliphatic carbocycles. The van der Waals surface area contributed by atoms with Crippen LogP contribution in [0.25, 0.3) is 11.1 Å². The molecule has 4 rings (SSSR count). The van der Waals surface area contributed by atoms with Crippen molar-refractivity contribution in [2.75, 3.05) is 10.8 Å². The van der Waals surface area contributed by atoms with Gasteiger partial charge in [0, 0.05) is 17.2 Å². The molecule has 0 radical (unpaired) electrons. The first-order valence-electron chi connectivity index (χ1n) is 9.28. The van der Waals surface area contributed by atoms with E-state index in [9.17, 15) is 17.6 Å². The second-order valence-corrected chi connectivity index (χ2v) is 9.43. The summed E-state index contributed by atoms with van der Waals surface area (Å²) < 4.78 is 41.5. The predicted molar refractivity (Wildman–Crippen MR) is 106 cm³/mol. The molecule has 0 aromatic heterocycles. The van der Waals surface area contributed by atoms with Crippen LogP contribution in [0.1, 0.15) is 32.1 Å². The van der Waals surface area contributed by atoms with Crippen molar-refractivity contribution < 1.29 is 17.6 Å². The van der Waals surface area contributed by atoms with Crippen molar-refractivity contribution in [2.24, 2.45) is 0 Å². The highest BCUT2D eigenvalue weighted by molar-refractivity contribution is 7.93. The molecule has 0 saturated heterocycles. The van der Waals surface area contributed by atoms with E-state index in [0.717, 1.165) is 36.4 Å². The van der Waals surface area contributed by atoms with Crippen molar-refractivity contribution in [3.05, 3.63) is 47.2 Å². The van der Waals surface area contributed by atoms with Crippen molar-refractivity contribution in [1.82, 2.24) is 5.32 Å². The van der Waals surface area contributed by atoms with Gasteiger partial charge >= 0.3 is 0 Å². The smallest absolute Gasteiger partial charge is 0.265 e. The van der Waals surface area contributed by atoms with Crippen LogP contribution in [-0.2, 0) is 14.8 Å². The van der Waals surface area contributed by atoms with Gasteiger partial charge in [-0.15, -0.1) is 0 Å². The number of amides is 1. The van der Waals surface area contributed by atoms with Crippen LogP contribution >= 0.6 is 11.6 Å². The summed E-state index contributed by atoms with van der Waals surface area (Å²) in [6.45, 7) is -0.373. The average Bonchev–Trinajstić information content (AvgIpc) is 2.68. The van der Waals surface area contributed by atoms with Gasteiger partial charge in [-0.25, -0.2) is 12.8 Å². The summed E-state index contributed by atoms with van der Waals surface area (Å²) in [5, 5.41) is 2.74. The Bertz CT molecular complexity index is 1040. The quantitative estimate of drug-likeness (QED) is 0.809. The van der Waals surface area contributed by atoms with Gasteiger partial charge in [-0.1, -0.05) is 49.1 Å². The molecular formula is C20H20ClFN2O3S. The van der Waals surface area contributed by atoms with E-state index in [4.69, 9.17) is 11.6 Å². The van der Waals surface area contributed by atoms with Crippen molar-refractivity contribution in [2.45, 2.75) is 43.0 Å². The summed E-state index contributed by atoms with van der Waals surface area (Å²) in [6.07, 6.45) is 5.06. The lowest BCUT2D eigenvalue weighted by Crippen LogP contribution is -2.45. The zero-order valence-electron chi connectivity index (χ0n) is 15.1. The van der Waals surface area contributed by atoms with Gasteiger partial charge in [0.15, 0.2) is 0 Å². The second-order valence-electron chi connectivity index (χ2n) is 7.19. The molecule has 5 nitrogen and oxygen atoms in total. The molecule has 0 atom stereocenters. The number of hydrogen-bond donors (Lipinski definition) is 1. The molecule has 2 aliphatic rings. The zero-order valence-corrected chi connectivity index (χ0v) is 16.7. The van der Waals surface area contributed by atoms with Crippen LogP contribution in [0.15, 0.2) is 41.3 Å². The van der Waals surface area contributed by atoms with Crippen molar-refractivity contribution in [3.8, 4) is 11.1 Å². The monoisotopic (exact) mass is 422 g/mol. The highest BCUT2D eigenvalue weighted by Gasteiger charge is 2.36. The molecule has 0 bridgehead atoms. The fourth-order valence-electron chi connectivity index (χ4n) is 3.94. The molecular weight excluding hydrogens is 403 g/mol. The zero-order chi connectivity index (χ0) is 19.9. The number of sulfonamides is 1. The van der Waals surface area contributed by atoms with E-state index in [-0.39, 0.29) is 34.1 Å². The minimum atomic E-state index is -3.97. The lowest BCUT2D eigenvalue weighted by Gasteiger charge is -2.32. The summed E-state index contributed by atoms with van der Waals surface area (Å²) in [5.74, 6) is -1.01. The minimum absolute atomic E-state index is 0.0506. The molecule has 28 heavy (non-hydrogen) atoms. The third-order valence-corrected chi connectivity index (χ3v) is 7.42. The number of nitrogens with zero attached hydrogens (tertiary/aromatic N) is 1. The normalized spacial score (nSPS) is 18.3. The lowest BCUT2D eigenvalue weighted by atomic mass is 9.95. The summed E-state index contributed by atoms with van der Waals surface area (Å²) in [7, 11) is -3.97. The van der Waals surface area contributed by atoms with Gasteiger partial charge in [-0.05, 0) is 31.0 Å². The van der Waals surface area contributed by atoms with Gasteiger partial charge in [-0.2, -0.15) is 0 Å². The Kier molecular flexibility index (Phi) is 5.05. The maximum absolute atomic E-state index is 14.1. The highest BCUT2D eigenvalue weighted by atomic mass is 35.5. The third-order valence-electron chi connectivity index (χ3n) is 5.31. The Balaban J connectivity index is 1.73. The predicted octanol–water partition coefficient (Wildman–Crippen LogP) is 4.10. The van der Waals surface area contributed by atoms with Crippen LogP contribution in [0.5, 0.6) is 0 Å². The van der Waals surface area contributed by atoms with E-state index in [1.54, 1.807) is 18.2 Å². The lowest BCUT2D eigenvalue weighted by molar-refractivity contribution is -0.120. The standard InChI is InChI=1S/C20H20ClFN2O3S/c21-16-11-18-15(10-17(16)22)14-8-4-5-9-19(14)28(26,27)24(18)12-20(25)23-13-6-2-1-3-7-13/h4-5,8-11,13H,1-3,6-7,12H2,(H,23,25). The SMILES string of the molecule is O=C(CN1c2cc(Cl)c(F)cc2-c2ccccc2S1(=O)=O)NC1CCCCC1. The second kappa shape index (κ2) is 7.37.